The normalized spacial score (nSPS) is 30.6. The van der Waals surface area contributed by atoms with Crippen LogP contribution in [0.25, 0.3) is 0 Å². The average molecular weight is 272 g/mol. The third-order valence-electron chi connectivity index (χ3n) is 4.41. The van der Waals surface area contributed by atoms with Crippen molar-refractivity contribution in [3.05, 3.63) is 0 Å². The number of β-amino-alcohol motifs (C(OH)–C–C–N with tert-alkyl or cyclic N) is 1. The highest BCUT2D eigenvalue weighted by Crippen LogP contribution is 2.30. The van der Waals surface area contributed by atoms with Crippen molar-refractivity contribution in [1.29, 1.82) is 0 Å². The molecule has 3 N–H and O–H groups in total. The number of hydrogen-bond donors (Lipinski definition) is 3. The lowest BCUT2D eigenvalue weighted by Gasteiger charge is -2.28. The Morgan fingerprint density at radius 2 is 1.95 bits per heavy atom. The first-order valence-corrected chi connectivity index (χ1v) is 7.59. The van der Waals surface area contributed by atoms with Gasteiger partial charge >= 0.3 is 0 Å². The van der Waals surface area contributed by atoms with Crippen LogP contribution in [0, 0.1) is 11.8 Å². The molecule has 2 rings (SSSR count). The van der Waals surface area contributed by atoms with Gasteiger partial charge in [-0.1, -0.05) is 6.42 Å². The molecular weight excluding hydrogens is 244 g/mol. The molecule has 5 heteroatoms. The van der Waals surface area contributed by atoms with Crippen LogP contribution in [0.3, 0.4) is 0 Å². The molecule has 1 saturated carbocycles. The molecular formula is C14H28N2O3. The Hall–Kier alpha value is -0.200. The molecule has 2 aliphatic rings. The highest BCUT2D eigenvalue weighted by molar-refractivity contribution is 4.79. The van der Waals surface area contributed by atoms with E-state index < -0.39 is 0 Å². The van der Waals surface area contributed by atoms with Crippen molar-refractivity contribution in [1.82, 2.24) is 10.2 Å². The predicted molar refractivity (Wildman–Crippen MR) is 74.1 cm³/mol. The molecule has 0 spiro atoms. The van der Waals surface area contributed by atoms with E-state index in [1.165, 1.54) is 12.8 Å². The fourth-order valence-corrected chi connectivity index (χ4v) is 3.20. The third-order valence-corrected chi connectivity index (χ3v) is 4.41. The summed E-state index contributed by atoms with van der Waals surface area (Å²) < 4.78 is 5.29. The predicted octanol–water partition coefficient (Wildman–Crippen LogP) is -0.322. The summed E-state index contributed by atoms with van der Waals surface area (Å²) in [4.78, 5) is 2.25. The van der Waals surface area contributed by atoms with Crippen molar-refractivity contribution in [3.8, 4) is 0 Å². The van der Waals surface area contributed by atoms with Gasteiger partial charge in [-0.2, -0.15) is 0 Å². The molecule has 0 radical (unpaired) electrons. The molecule has 0 aromatic heterocycles. The Morgan fingerprint density at radius 3 is 2.68 bits per heavy atom. The summed E-state index contributed by atoms with van der Waals surface area (Å²) in [5, 5.41) is 22.6. The summed E-state index contributed by atoms with van der Waals surface area (Å²) >= 11 is 0. The van der Waals surface area contributed by atoms with Crippen LogP contribution in [-0.4, -0.2) is 73.8 Å². The molecule has 1 aliphatic carbocycles. The lowest BCUT2D eigenvalue weighted by molar-refractivity contribution is 0.0147. The van der Waals surface area contributed by atoms with E-state index >= 15 is 0 Å². The Labute approximate surface area is 115 Å². The monoisotopic (exact) mass is 272 g/mol. The van der Waals surface area contributed by atoms with Crippen molar-refractivity contribution >= 4 is 0 Å². The second kappa shape index (κ2) is 8.17. The molecule has 1 saturated heterocycles. The largest absolute Gasteiger partial charge is 0.396 e. The van der Waals surface area contributed by atoms with Crippen LogP contribution in [-0.2, 0) is 4.74 Å². The molecule has 0 aromatic carbocycles. The number of rotatable bonds is 7. The molecule has 5 nitrogen and oxygen atoms in total. The van der Waals surface area contributed by atoms with E-state index in [9.17, 15) is 10.2 Å². The van der Waals surface area contributed by atoms with Crippen LogP contribution in [0.2, 0.25) is 0 Å². The topological polar surface area (TPSA) is 65.0 Å². The first-order chi connectivity index (χ1) is 9.29. The minimum atomic E-state index is -0.313. The van der Waals surface area contributed by atoms with Gasteiger partial charge in [0.2, 0.25) is 0 Å². The van der Waals surface area contributed by atoms with Gasteiger partial charge in [-0.05, 0) is 31.2 Å². The molecule has 19 heavy (non-hydrogen) atoms. The molecule has 3 unspecified atom stereocenters. The first-order valence-electron chi connectivity index (χ1n) is 7.59. The van der Waals surface area contributed by atoms with Crippen molar-refractivity contribution < 1.29 is 14.9 Å². The molecule has 112 valence electrons. The quantitative estimate of drug-likeness (QED) is 0.593. The molecule has 2 fully saturated rings. The second-order valence-electron chi connectivity index (χ2n) is 5.86. The molecule has 1 heterocycles. The summed E-state index contributed by atoms with van der Waals surface area (Å²) in [6.45, 7) is 6.00. The van der Waals surface area contributed by atoms with Gasteiger partial charge < -0.3 is 20.3 Å². The Morgan fingerprint density at radius 1 is 1.21 bits per heavy atom. The zero-order valence-electron chi connectivity index (χ0n) is 11.8. The van der Waals surface area contributed by atoms with E-state index in [0.717, 1.165) is 45.8 Å². The summed E-state index contributed by atoms with van der Waals surface area (Å²) in [5.74, 6) is 1.05. The standard InChI is InChI=1S/C14H28N2O3/c17-11-13-3-1-2-12(13)8-15-9-14(18)10-16-4-6-19-7-5-16/h12-15,17-18H,1-11H2. The highest BCUT2D eigenvalue weighted by Gasteiger charge is 2.26. The first kappa shape index (κ1) is 15.2. The smallest absolute Gasteiger partial charge is 0.0791 e. The zero-order valence-corrected chi connectivity index (χ0v) is 11.8. The fourth-order valence-electron chi connectivity index (χ4n) is 3.20. The minimum absolute atomic E-state index is 0.308. The zero-order chi connectivity index (χ0) is 13.5. The van der Waals surface area contributed by atoms with E-state index in [4.69, 9.17) is 4.74 Å². The number of morpholine rings is 1. The summed E-state index contributed by atoms with van der Waals surface area (Å²) in [6.07, 6.45) is 3.28. The van der Waals surface area contributed by atoms with E-state index in [-0.39, 0.29) is 6.10 Å². The van der Waals surface area contributed by atoms with Crippen molar-refractivity contribution in [2.45, 2.75) is 25.4 Å². The molecule has 0 aromatic rings. The van der Waals surface area contributed by atoms with Crippen LogP contribution in [0.4, 0.5) is 0 Å². The molecule has 3 atom stereocenters. The van der Waals surface area contributed by atoms with Gasteiger partial charge in [0, 0.05) is 32.8 Å². The van der Waals surface area contributed by atoms with Crippen molar-refractivity contribution in [3.63, 3.8) is 0 Å². The third kappa shape index (κ3) is 5.00. The molecule has 1 aliphatic heterocycles. The van der Waals surface area contributed by atoms with E-state index in [1.54, 1.807) is 0 Å². The number of aliphatic hydroxyl groups excluding tert-OH is 2. The van der Waals surface area contributed by atoms with Crippen molar-refractivity contribution in [2.75, 3.05) is 52.5 Å². The lowest BCUT2D eigenvalue weighted by Crippen LogP contribution is -2.44. The lowest BCUT2D eigenvalue weighted by atomic mass is 9.97. The van der Waals surface area contributed by atoms with Crippen LogP contribution >= 0.6 is 0 Å². The van der Waals surface area contributed by atoms with Gasteiger partial charge in [0.1, 0.15) is 0 Å². The summed E-state index contributed by atoms with van der Waals surface area (Å²) in [7, 11) is 0. The summed E-state index contributed by atoms with van der Waals surface area (Å²) in [6, 6.07) is 0. The van der Waals surface area contributed by atoms with Gasteiger partial charge in [-0.25, -0.2) is 0 Å². The minimum Gasteiger partial charge on any atom is -0.396 e. The molecule has 0 amide bonds. The van der Waals surface area contributed by atoms with Crippen LogP contribution in [0.15, 0.2) is 0 Å². The Kier molecular flexibility index (Phi) is 6.53. The number of ether oxygens (including phenoxy) is 1. The molecule has 0 bridgehead atoms. The fraction of sp³-hybridized carbons (Fsp3) is 1.00. The maximum absolute atomic E-state index is 10.0. The van der Waals surface area contributed by atoms with Gasteiger partial charge in [-0.3, -0.25) is 4.90 Å². The van der Waals surface area contributed by atoms with Gasteiger partial charge in [0.05, 0.1) is 19.3 Å². The number of aliphatic hydroxyl groups is 2. The highest BCUT2D eigenvalue weighted by atomic mass is 16.5. The Balaban J connectivity index is 1.56. The number of hydrogen-bond acceptors (Lipinski definition) is 5. The van der Waals surface area contributed by atoms with Crippen molar-refractivity contribution in [2.24, 2.45) is 11.8 Å². The number of nitrogens with one attached hydrogen (secondary N) is 1. The van der Waals surface area contributed by atoms with Gasteiger partial charge in [0.25, 0.3) is 0 Å². The van der Waals surface area contributed by atoms with E-state index in [0.29, 0.717) is 25.0 Å². The van der Waals surface area contributed by atoms with E-state index in [1.807, 2.05) is 0 Å². The van der Waals surface area contributed by atoms with Crippen LogP contribution in [0.5, 0.6) is 0 Å². The number of nitrogens with zero attached hydrogens (tertiary/aromatic N) is 1. The van der Waals surface area contributed by atoms with Gasteiger partial charge in [0.15, 0.2) is 0 Å². The van der Waals surface area contributed by atoms with Gasteiger partial charge in [-0.15, -0.1) is 0 Å². The van der Waals surface area contributed by atoms with E-state index in [2.05, 4.69) is 10.2 Å². The maximum Gasteiger partial charge on any atom is 0.0791 e. The Bertz CT molecular complexity index is 247. The second-order valence-corrected chi connectivity index (χ2v) is 5.86. The maximum atomic E-state index is 10.0. The van der Waals surface area contributed by atoms with Crippen LogP contribution in [0.1, 0.15) is 19.3 Å². The SMILES string of the molecule is OCC1CCCC1CNCC(O)CN1CCOCC1. The van der Waals surface area contributed by atoms with Crippen LogP contribution < -0.4 is 5.32 Å². The summed E-state index contributed by atoms with van der Waals surface area (Å²) in [5.41, 5.74) is 0. The average Bonchev–Trinajstić information content (AvgIpc) is 2.87.